The van der Waals surface area contributed by atoms with E-state index in [0.717, 1.165) is 12.4 Å². The topological polar surface area (TPSA) is 37.8 Å². The predicted molar refractivity (Wildman–Crippen MR) is 51.7 cm³/mol. The maximum absolute atomic E-state index is 12.5. The van der Waals surface area contributed by atoms with Gasteiger partial charge < -0.3 is 5.32 Å². The molecule has 2 heterocycles. The molecule has 0 aliphatic heterocycles. The molecular weight excluding hydrogens is 200 g/mol. The Hall–Kier alpha value is -2.04. The molecule has 2 rings (SSSR count). The van der Waals surface area contributed by atoms with E-state index in [0.29, 0.717) is 11.6 Å². The van der Waals surface area contributed by atoms with Crippen LogP contribution < -0.4 is 5.32 Å². The first-order chi connectivity index (χ1) is 7.24. The molecule has 5 heteroatoms. The number of hydrogen-bond donors (Lipinski definition) is 1. The molecule has 0 saturated carbocycles. The summed E-state index contributed by atoms with van der Waals surface area (Å²) < 4.78 is 25.0. The van der Waals surface area contributed by atoms with Crippen LogP contribution in [0.25, 0.3) is 0 Å². The van der Waals surface area contributed by atoms with E-state index in [2.05, 4.69) is 15.3 Å². The summed E-state index contributed by atoms with van der Waals surface area (Å²) in [4.78, 5) is 7.55. The van der Waals surface area contributed by atoms with E-state index in [1.165, 1.54) is 24.3 Å². The van der Waals surface area contributed by atoms with Gasteiger partial charge in [-0.1, -0.05) is 0 Å². The molecule has 1 N–H and O–H groups in total. The minimum absolute atomic E-state index is 0.410. The maximum Gasteiger partial charge on any atom is 0.141 e. The molecule has 3 nitrogen and oxygen atoms in total. The second-order valence-corrected chi connectivity index (χ2v) is 2.85. The van der Waals surface area contributed by atoms with E-state index < -0.39 is 11.6 Å². The van der Waals surface area contributed by atoms with Crippen molar-refractivity contribution in [1.29, 1.82) is 0 Å². The van der Waals surface area contributed by atoms with Gasteiger partial charge >= 0.3 is 0 Å². The number of rotatable bonds is 2. The first kappa shape index (κ1) is 9.51. The zero-order chi connectivity index (χ0) is 10.7. The van der Waals surface area contributed by atoms with Gasteiger partial charge in [-0.05, 0) is 24.3 Å². The number of aromatic nitrogens is 2. The van der Waals surface area contributed by atoms with Crippen LogP contribution in [0.2, 0.25) is 0 Å². The molecule has 0 atom stereocenters. The van der Waals surface area contributed by atoms with Crippen LogP contribution in [0.5, 0.6) is 0 Å². The number of pyridine rings is 2. The summed E-state index contributed by atoms with van der Waals surface area (Å²) in [6, 6.07) is 5.50. The van der Waals surface area contributed by atoms with Gasteiger partial charge in [0.2, 0.25) is 0 Å². The molecule has 0 spiro atoms. The Morgan fingerprint density at radius 1 is 0.800 bits per heavy atom. The highest BCUT2D eigenvalue weighted by Gasteiger charge is 1.97. The van der Waals surface area contributed by atoms with E-state index in [4.69, 9.17) is 0 Å². The Bertz CT molecular complexity index is 396. The maximum atomic E-state index is 12.5. The molecule has 2 aromatic rings. The van der Waals surface area contributed by atoms with Crippen LogP contribution in [0, 0.1) is 11.6 Å². The fraction of sp³-hybridized carbons (Fsp3) is 0. The number of hydrogen-bond acceptors (Lipinski definition) is 3. The molecule has 0 aliphatic carbocycles. The van der Waals surface area contributed by atoms with Crippen molar-refractivity contribution in [2.24, 2.45) is 0 Å². The van der Waals surface area contributed by atoms with Crippen LogP contribution in [-0.2, 0) is 0 Å². The monoisotopic (exact) mass is 207 g/mol. The average molecular weight is 207 g/mol. The summed E-state index contributed by atoms with van der Waals surface area (Å²) >= 11 is 0. The lowest BCUT2D eigenvalue weighted by atomic mass is 10.4. The van der Waals surface area contributed by atoms with Gasteiger partial charge in [-0.3, -0.25) is 0 Å². The second-order valence-electron chi connectivity index (χ2n) is 2.85. The van der Waals surface area contributed by atoms with E-state index in [1.54, 1.807) is 0 Å². The van der Waals surface area contributed by atoms with Crippen LogP contribution >= 0.6 is 0 Å². The van der Waals surface area contributed by atoms with E-state index in [-0.39, 0.29) is 0 Å². The molecule has 0 fully saturated rings. The van der Waals surface area contributed by atoms with Gasteiger partial charge in [0.15, 0.2) is 0 Å². The van der Waals surface area contributed by atoms with E-state index in [9.17, 15) is 8.78 Å². The number of nitrogens with zero attached hydrogens (tertiary/aromatic N) is 2. The summed E-state index contributed by atoms with van der Waals surface area (Å²) in [5, 5.41) is 2.80. The smallest absolute Gasteiger partial charge is 0.141 e. The summed E-state index contributed by atoms with van der Waals surface area (Å²) in [6.07, 6.45) is 2.18. The minimum Gasteiger partial charge on any atom is -0.325 e. The highest BCUT2D eigenvalue weighted by molar-refractivity contribution is 5.50. The second kappa shape index (κ2) is 4.00. The van der Waals surface area contributed by atoms with Crippen LogP contribution in [0.1, 0.15) is 0 Å². The third kappa shape index (κ3) is 2.46. The Morgan fingerprint density at radius 2 is 1.27 bits per heavy atom. The van der Waals surface area contributed by atoms with Gasteiger partial charge in [-0.15, -0.1) is 0 Å². The summed E-state index contributed by atoms with van der Waals surface area (Å²) in [5.41, 5.74) is 0. The molecule has 2 aromatic heterocycles. The normalized spacial score (nSPS) is 10.0. The van der Waals surface area contributed by atoms with Crippen LogP contribution in [0.15, 0.2) is 36.7 Å². The SMILES string of the molecule is Fc1ccc(Nc2ccc(F)cn2)nc1. The largest absolute Gasteiger partial charge is 0.325 e. The lowest BCUT2D eigenvalue weighted by molar-refractivity contribution is 0.621. The Morgan fingerprint density at radius 3 is 1.60 bits per heavy atom. The van der Waals surface area contributed by atoms with Crippen molar-refractivity contribution in [3.63, 3.8) is 0 Å². The molecule has 0 saturated heterocycles. The molecule has 0 unspecified atom stereocenters. The van der Waals surface area contributed by atoms with Gasteiger partial charge in [0.25, 0.3) is 0 Å². The molecule has 15 heavy (non-hydrogen) atoms. The van der Waals surface area contributed by atoms with E-state index >= 15 is 0 Å². The van der Waals surface area contributed by atoms with Crippen molar-refractivity contribution in [2.45, 2.75) is 0 Å². The molecule has 0 aromatic carbocycles. The van der Waals surface area contributed by atoms with Crippen LogP contribution in [-0.4, -0.2) is 9.97 Å². The first-order valence-corrected chi connectivity index (χ1v) is 4.24. The first-order valence-electron chi connectivity index (χ1n) is 4.24. The third-order valence-electron chi connectivity index (χ3n) is 1.71. The quantitative estimate of drug-likeness (QED) is 0.822. The predicted octanol–water partition coefficient (Wildman–Crippen LogP) is 2.50. The van der Waals surface area contributed by atoms with Crippen LogP contribution in [0.3, 0.4) is 0 Å². The number of nitrogens with one attached hydrogen (secondary N) is 1. The Balaban J connectivity index is 2.15. The van der Waals surface area contributed by atoms with Gasteiger partial charge in [0, 0.05) is 0 Å². The van der Waals surface area contributed by atoms with Crippen molar-refractivity contribution in [1.82, 2.24) is 9.97 Å². The summed E-state index contributed by atoms with van der Waals surface area (Å²) in [6.45, 7) is 0. The van der Waals surface area contributed by atoms with Gasteiger partial charge in [0.05, 0.1) is 12.4 Å². The van der Waals surface area contributed by atoms with Crippen molar-refractivity contribution < 1.29 is 8.78 Å². The number of halogens is 2. The summed E-state index contributed by atoms with van der Waals surface area (Å²) in [5.74, 6) is 0.0891. The molecule has 0 amide bonds. The number of anilines is 2. The molecular formula is C10H7F2N3. The molecule has 0 bridgehead atoms. The summed E-state index contributed by atoms with van der Waals surface area (Å²) in [7, 11) is 0. The third-order valence-corrected chi connectivity index (χ3v) is 1.71. The lowest BCUT2D eigenvalue weighted by Crippen LogP contribution is -1.95. The van der Waals surface area contributed by atoms with Crippen molar-refractivity contribution >= 4 is 11.6 Å². The van der Waals surface area contributed by atoms with Gasteiger partial charge in [-0.25, -0.2) is 18.7 Å². The van der Waals surface area contributed by atoms with E-state index in [1.807, 2.05) is 0 Å². The lowest BCUT2D eigenvalue weighted by Gasteiger charge is -2.03. The molecule has 0 aliphatic rings. The van der Waals surface area contributed by atoms with Crippen molar-refractivity contribution in [2.75, 3.05) is 5.32 Å². The fourth-order valence-electron chi connectivity index (χ4n) is 1.03. The highest BCUT2D eigenvalue weighted by Crippen LogP contribution is 2.11. The standard InChI is InChI=1S/C10H7F2N3/c11-7-1-3-9(13-5-7)15-10-4-2-8(12)6-14-10/h1-6H,(H,13,14,15). The molecule has 0 radical (unpaired) electrons. The highest BCUT2D eigenvalue weighted by atomic mass is 19.1. The van der Waals surface area contributed by atoms with Crippen molar-refractivity contribution in [3.05, 3.63) is 48.3 Å². The Kier molecular flexibility index (Phi) is 2.53. The van der Waals surface area contributed by atoms with Crippen LogP contribution in [0.4, 0.5) is 20.4 Å². The Labute approximate surface area is 84.8 Å². The van der Waals surface area contributed by atoms with Gasteiger partial charge in [-0.2, -0.15) is 0 Å². The average Bonchev–Trinajstić information content (AvgIpc) is 2.25. The van der Waals surface area contributed by atoms with Gasteiger partial charge in [0.1, 0.15) is 23.3 Å². The zero-order valence-corrected chi connectivity index (χ0v) is 7.61. The molecule has 76 valence electrons. The zero-order valence-electron chi connectivity index (χ0n) is 7.61. The van der Waals surface area contributed by atoms with Crippen molar-refractivity contribution in [3.8, 4) is 0 Å². The fourth-order valence-corrected chi connectivity index (χ4v) is 1.03. The minimum atomic E-state index is -0.410.